The van der Waals surface area contributed by atoms with Gasteiger partial charge in [-0.25, -0.2) is 0 Å². The lowest BCUT2D eigenvalue weighted by Gasteiger charge is -2.13. The Balaban J connectivity index is 3.24. The molecule has 3 nitrogen and oxygen atoms in total. The number of hydrogen-bond donors (Lipinski definition) is 3. The molecule has 3 unspecified atom stereocenters. The Morgan fingerprint density at radius 3 is 1.91 bits per heavy atom. The average molecular weight is 162 g/mol. The first-order valence-electron chi connectivity index (χ1n) is 4.08. The van der Waals surface area contributed by atoms with Gasteiger partial charge in [0.15, 0.2) is 0 Å². The van der Waals surface area contributed by atoms with Gasteiger partial charge in [-0.15, -0.1) is 0 Å². The van der Waals surface area contributed by atoms with E-state index in [0.717, 1.165) is 6.42 Å². The molecule has 0 aromatic heterocycles. The molecule has 0 aliphatic rings. The zero-order chi connectivity index (χ0) is 8.85. The normalized spacial score (nSPS) is 19.4. The molecule has 0 rings (SSSR count). The summed E-state index contributed by atoms with van der Waals surface area (Å²) >= 11 is 0. The van der Waals surface area contributed by atoms with Crippen LogP contribution in [0.1, 0.15) is 33.1 Å². The Bertz CT molecular complexity index is 91.3. The van der Waals surface area contributed by atoms with Crippen LogP contribution in [-0.2, 0) is 0 Å². The highest BCUT2D eigenvalue weighted by molar-refractivity contribution is 4.62. The second-order valence-corrected chi connectivity index (χ2v) is 3.09. The van der Waals surface area contributed by atoms with Gasteiger partial charge in [0.25, 0.3) is 0 Å². The Labute approximate surface area is 67.7 Å². The molecular formula is C8H18O3. The van der Waals surface area contributed by atoms with Crippen molar-refractivity contribution in [3.63, 3.8) is 0 Å². The van der Waals surface area contributed by atoms with E-state index >= 15 is 0 Å². The highest BCUT2D eigenvalue weighted by Crippen LogP contribution is 2.06. The van der Waals surface area contributed by atoms with E-state index in [9.17, 15) is 0 Å². The van der Waals surface area contributed by atoms with Crippen molar-refractivity contribution >= 4 is 0 Å². The molecule has 68 valence electrons. The lowest BCUT2D eigenvalue weighted by molar-refractivity contribution is 0.0227. The number of hydrogen-bond acceptors (Lipinski definition) is 3. The van der Waals surface area contributed by atoms with Crippen LogP contribution in [0, 0.1) is 0 Å². The van der Waals surface area contributed by atoms with Crippen LogP contribution in [0.15, 0.2) is 0 Å². The minimum absolute atomic E-state index is 0.309. The van der Waals surface area contributed by atoms with Crippen molar-refractivity contribution in [1.29, 1.82) is 0 Å². The lowest BCUT2D eigenvalue weighted by atomic mass is 10.1. The molecular weight excluding hydrogens is 144 g/mol. The first-order chi connectivity index (χ1) is 5.04. The minimum Gasteiger partial charge on any atom is -0.393 e. The second kappa shape index (κ2) is 5.52. The first-order valence-corrected chi connectivity index (χ1v) is 4.08. The summed E-state index contributed by atoms with van der Waals surface area (Å²) in [6, 6.07) is 0. The van der Waals surface area contributed by atoms with Crippen LogP contribution in [0.5, 0.6) is 0 Å². The van der Waals surface area contributed by atoms with Gasteiger partial charge in [0, 0.05) is 0 Å². The fraction of sp³-hybridized carbons (Fsp3) is 1.00. The zero-order valence-electron chi connectivity index (χ0n) is 7.20. The third-order valence-electron chi connectivity index (χ3n) is 1.68. The molecule has 0 saturated heterocycles. The molecule has 0 saturated carbocycles. The Hall–Kier alpha value is -0.120. The molecule has 0 aromatic rings. The monoisotopic (exact) mass is 162 g/mol. The smallest absolute Gasteiger partial charge is 0.0796 e. The third-order valence-corrected chi connectivity index (χ3v) is 1.68. The van der Waals surface area contributed by atoms with Crippen LogP contribution in [0.25, 0.3) is 0 Å². The van der Waals surface area contributed by atoms with Crippen LogP contribution in [-0.4, -0.2) is 33.6 Å². The average Bonchev–Trinajstić information content (AvgIpc) is 1.86. The van der Waals surface area contributed by atoms with Gasteiger partial charge in [-0.05, 0) is 33.1 Å². The molecule has 0 fully saturated rings. The van der Waals surface area contributed by atoms with Crippen LogP contribution < -0.4 is 0 Å². The summed E-state index contributed by atoms with van der Waals surface area (Å²) in [5, 5.41) is 26.8. The van der Waals surface area contributed by atoms with Gasteiger partial charge in [0.1, 0.15) is 0 Å². The molecule has 11 heavy (non-hydrogen) atoms. The Morgan fingerprint density at radius 2 is 1.55 bits per heavy atom. The SMILES string of the molecule is CC(O)CCCC(O)C(C)O. The van der Waals surface area contributed by atoms with E-state index in [1.165, 1.54) is 0 Å². The largest absolute Gasteiger partial charge is 0.393 e. The molecule has 3 N–H and O–H groups in total. The van der Waals surface area contributed by atoms with Gasteiger partial charge < -0.3 is 15.3 Å². The van der Waals surface area contributed by atoms with E-state index < -0.39 is 12.2 Å². The topological polar surface area (TPSA) is 60.7 Å². The van der Waals surface area contributed by atoms with Crippen molar-refractivity contribution in [2.24, 2.45) is 0 Å². The predicted octanol–water partition coefficient (Wildman–Crippen LogP) is 0.279. The van der Waals surface area contributed by atoms with Gasteiger partial charge in [0.2, 0.25) is 0 Å². The van der Waals surface area contributed by atoms with Crippen molar-refractivity contribution in [2.45, 2.75) is 51.4 Å². The quantitative estimate of drug-likeness (QED) is 0.544. The summed E-state index contributed by atoms with van der Waals surface area (Å²) in [6.45, 7) is 3.28. The molecule has 0 heterocycles. The summed E-state index contributed by atoms with van der Waals surface area (Å²) < 4.78 is 0. The van der Waals surface area contributed by atoms with E-state index in [1.807, 2.05) is 0 Å². The van der Waals surface area contributed by atoms with Gasteiger partial charge in [-0.3, -0.25) is 0 Å². The molecule has 0 amide bonds. The van der Waals surface area contributed by atoms with Crippen LogP contribution in [0.2, 0.25) is 0 Å². The summed E-state index contributed by atoms with van der Waals surface area (Å²) in [5.74, 6) is 0. The molecule has 0 aromatic carbocycles. The summed E-state index contributed by atoms with van der Waals surface area (Å²) in [4.78, 5) is 0. The maximum atomic E-state index is 9.11. The van der Waals surface area contributed by atoms with E-state index in [-0.39, 0.29) is 6.10 Å². The fourth-order valence-corrected chi connectivity index (χ4v) is 0.864. The molecule has 3 atom stereocenters. The Morgan fingerprint density at radius 1 is 1.00 bits per heavy atom. The van der Waals surface area contributed by atoms with Crippen molar-refractivity contribution in [3.05, 3.63) is 0 Å². The van der Waals surface area contributed by atoms with Crippen molar-refractivity contribution in [3.8, 4) is 0 Å². The van der Waals surface area contributed by atoms with Crippen molar-refractivity contribution in [2.75, 3.05) is 0 Å². The zero-order valence-corrected chi connectivity index (χ0v) is 7.20. The van der Waals surface area contributed by atoms with Crippen LogP contribution in [0.4, 0.5) is 0 Å². The number of aliphatic hydroxyl groups excluding tert-OH is 3. The van der Waals surface area contributed by atoms with Crippen LogP contribution >= 0.6 is 0 Å². The maximum absolute atomic E-state index is 9.11. The maximum Gasteiger partial charge on any atom is 0.0796 e. The van der Waals surface area contributed by atoms with Gasteiger partial charge in [0.05, 0.1) is 18.3 Å². The van der Waals surface area contributed by atoms with Gasteiger partial charge in [-0.1, -0.05) is 0 Å². The number of rotatable bonds is 5. The van der Waals surface area contributed by atoms with Gasteiger partial charge in [-0.2, -0.15) is 0 Å². The molecule has 0 radical (unpaired) electrons. The van der Waals surface area contributed by atoms with E-state index in [1.54, 1.807) is 13.8 Å². The predicted molar refractivity (Wildman–Crippen MR) is 43.2 cm³/mol. The number of aliphatic hydroxyl groups is 3. The first kappa shape index (κ1) is 10.9. The molecule has 3 heteroatoms. The Kier molecular flexibility index (Phi) is 5.46. The van der Waals surface area contributed by atoms with E-state index in [4.69, 9.17) is 15.3 Å². The van der Waals surface area contributed by atoms with Crippen molar-refractivity contribution < 1.29 is 15.3 Å². The standard InChI is InChI=1S/C8H18O3/c1-6(9)4-3-5-8(11)7(2)10/h6-11H,3-5H2,1-2H3. The lowest BCUT2D eigenvalue weighted by Crippen LogP contribution is -2.22. The summed E-state index contributed by atoms with van der Waals surface area (Å²) in [6.07, 6.45) is 0.379. The summed E-state index contributed by atoms with van der Waals surface area (Å²) in [5.41, 5.74) is 0. The molecule has 0 spiro atoms. The van der Waals surface area contributed by atoms with Gasteiger partial charge >= 0.3 is 0 Å². The highest BCUT2D eigenvalue weighted by atomic mass is 16.3. The third kappa shape index (κ3) is 6.28. The molecule has 0 aliphatic carbocycles. The van der Waals surface area contributed by atoms with Crippen molar-refractivity contribution in [1.82, 2.24) is 0 Å². The van der Waals surface area contributed by atoms with E-state index in [0.29, 0.717) is 12.8 Å². The second-order valence-electron chi connectivity index (χ2n) is 3.09. The molecule has 0 aliphatic heterocycles. The highest BCUT2D eigenvalue weighted by Gasteiger charge is 2.10. The molecule has 0 bridgehead atoms. The summed E-state index contributed by atoms with van der Waals surface area (Å²) in [7, 11) is 0. The minimum atomic E-state index is -0.663. The van der Waals surface area contributed by atoms with E-state index in [2.05, 4.69) is 0 Å². The fourth-order valence-electron chi connectivity index (χ4n) is 0.864. The van der Waals surface area contributed by atoms with Crippen LogP contribution in [0.3, 0.4) is 0 Å².